The van der Waals surface area contributed by atoms with Crippen molar-refractivity contribution in [1.82, 2.24) is 9.97 Å². The molecule has 0 aliphatic heterocycles. The molecule has 1 unspecified atom stereocenters. The van der Waals surface area contributed by atoms with Crippen LogP contribution in [-0.4, -0.2) is 16.6 Å². The zero-order valence-corrected chi connectivity index (χ0v) is 23.8. The molecule has 5 aromatic carbocycles. The van der Waals surface area contributed by atoms with Gasteiger partial charge >= 0.3 is 0 Å². The molecule has 1 atom stereocenters. The number of ether oxygens (including phenoxy) is 1. The summed E-state index contributed by atoms with van der Waals surface area (Å²) in [5.74, 6) is 1.49. The maximum atomic E-state index is 6.95. The van der Waals surface area contributed by atoms with Crippen LogP contribution in [0.4, 0.5) is 0 Å². The number of nitrogens with one attached hydrogen (secondary N) is 2. The molecule has 0 aliphatic carbocycles. The number of rotatable bonds is 9. The summed E-state index contributed by atoms with van der Waals surface area (Å²) in [5, 5.41) is 4.97. The first-order chi connectivity index (χ1) is 20.3. The molecule has 0 saturated carbocycles. The Bertz CT molecular complexity index is 1860. The van der Waals surface area contributed by atoms with E-state index < -0.39 is 0 Å². The van der Waals surface area contributed by atoms with Gasteiger partial charge in [0, 0.05) is 54.8 Å². The molecular weight excluding hydrogens is 500 g/mol. The van der Waals surface area contributed by atoms with Gasteiger partial charge in [0.05, 0.1) is 17.6 Å². The topological polar surface area (TPSA) is 40.8 Å². The van der Waals surface area contributed by atoms with E-state index in [1.165, 1.54) is 51.9 Å². The Hall–Kier alpha value is -4.50. The summed E-state index contributed by atoms with van der Waals surface area (Å²) in [6.45, 7) is 5.27. The van der Waals surface area contributed by atoms with E-state index in [9.17, 15) is 0 Å². The molecule has 3 heteroatoms. The second-order valence-electron chi connectivity index (χ2n) is 11.2. The van der Waals surface area contributed by atoms with Gasteiger partial charge in [-0.3, -0.25) is 0 Å². The van der Waals surface area contributed by atoms with Gasteiger partial charge in [0.2, 0.25) is 0 Å². The molecule has 0 bridgehead atoms. The predicted molar refractivity (Wildman–Crippen MR) is 175 cm³/mol. The molecule has 0 spiro atoms. The van der Waals surface area contributed by atoms with E-state index in [0.29, 0.717) is 12.5 Å². The van der Waals surface area contributed by atoms with Crippen LogP contribution in [0, 0.1) is 5.92 Å². The minimum atomic E-state index is 0.531. The summed E-state index contributed by atoms with van der Waals surface area (Å²) in [7, 11) is 0. The van der Waals surface area contributed by atoms with E-state index in [2.05, 4.69) is 127 Å². The Morgan fingerprint density at radius 3 is 1.59 bits per heavy atom. The molecule has 0 fully saturated rings. The molecule has 7 aromatic rings. The first-order valence-corrected chi connectivity index (χ1v) is 15.0. The van der Waals surface area contributed by atoms with Crippen molar-refractivity contribution in [2.75, 3.05) is 6.61 Å². The van der Waals surface area contributed by atoms with Crippen LogP contribution in [0.5, 0.6) is 5.75 Å². The third kappa shape index (κ3) is 4.46. The van der Waals surface area contributed by atoms with Gasteiger partial charge in [-0.25, -0.2) is 0 Å². The molecule has 2 aromatic heterocycles. The van der Waals surface area contributed by atoms with Crippen molar-refractivity contribution >= 4 is 43.6 Å². The lowest BCUT2D eigenvalue weighted by Gasteiger charge is -2.21. The average Bonchev–Trinajstić information content (AvgIpc) is 3.60. The summed E-state index contributed by atoms with van der Waals surface area (Å²) in [6, 6.07) is 36.9. The van der Waals surface area contributed by atoms with Gasteiger partial charge in [0.25, 0.3) is 0 Å². The number of aromatic amines is 2. The van der Waals surface area contributed by atoms with Crippen LogP contribution in [0.25, 0.3) is 65.9 Å². The van der Waals surface area contributed by atoms with Gasteiger partial charge in [0.1, 0.15) is 5.75 Å². The quantitative estimate of drug-likeness (QED) is 0.189. The number of unbranched alkanes of at least 4 members (excludes halogenated alkanes) is 1. The van der Waals surface area contributed by atoms with Gasteiger partial charge in [-0.15, -0.1) is 0 Å². The average molecular weight is 537 g/mol. The van der Waals surface area contributed by atoms with E-state index in [4.69, 9.17) is 4.74 Å². The Morgan fingerprint density at radius 1 is 0.561 bits per heavy atom. The largest absolute Gasteiger partial charge is 0.492 e. The van der Waals surface area contributed by atoms with Crippen molar-refractivity contribution in [3.05, 3.63) is 103 Å². The summed E-state index contributed by atoms with van der Waals surface area (Å²) >= 11 is 0. The number of H-pyrrole nitrogens is 2. The van der Waals surface area contributed by atoms with Crippen molar-refractivity contribution in [3.63, 3.8) is 0 Å². The Morgan fingerprint density at radius 2 is 1.05 bits per heavy atom. The summed E-state index contributed by atoms with van der Waals surface area (Å²) < 4.78 is 6.95. The fraction of sp³-hybridized carbons (Fsp3) is 0.211. The zero-order valence-electron chi connectivity index (χ0n) is 23.8. The molecule has 204 valence electrons. The van der Waals surface area contributed by atoms with Crippen LogP contribution < -0.4 is 4.74 Å². The highest BCUT2D eigenvalue weighted by molar-refractivity contribution is 6.14. The minimum absolute atomic E-state index is 0.531. The number of aromatic nitrogens is 2. The maximum absolute atomic E-state index is 6.95. The molecule has 7 rings (SSSR count). The summed E-state index contributed by atoms with van der Waals surface area (Å²) in [4.78, 5) is 7.44. The molecule has 3 nitrogen and oxygen atoms in total. The van der Waals surface area contributed by atoms with Crippen LogP contribution >= 0.6 is 0 Å². The normalized spacial score (nSPS) is 12.5. The number of para-hydroxylation sites is 5. The Balaban J connectivity index is 1.45. The fourth-order valence-corrected chi connectivity index (χ4v) is 6.41. The van der Waals surface area contributed by atoms with Gasteiger partial charge in [-0.05, 0) is 24.5 Å². The Labute approximate surface area is 241 Å². The van der Waals surface area contributed by atoms with E-state index in [0.717, 1.165) is 45.4 Å². The highest BCUT2D eigenvalue weighted by Crippen LogP contribution is 2.45. The van der Waals surface area contributed by atoms with E-state index >= 15 is 0 Å². The summed E-state index contributed by atoms with van der Waals surface area (Å²) in [6.07, 6.45) is 4.76. The molecule has 0 saturated heterocycles. The van der Waals surface area contributed by atoms with Gasteiger partial charge in [-0.1, -0.05) is 124 Å². The lowest BCUT2D eigenvalue weighted by molar-refractivity contribution is 0.235. The first-order valence-electron chi connectivity index (χ1n) is 15.0. The van der Waals surface area contributed by atoms with E-state index in [-0.39, 0.29) is 0 Å². The van der Waals surface area contributed by atoms with Gasteiger partial charge < -0.3 is 14.7 Å². The van der Waals surface area contributed by atoms with Crippen molar-refractivity contribution in [2.45, 2.75) is 39.5 Å². The van der Waals surface area contributed by atoms with Gasteiger partial charge in [-0.2, -0.15) is 0 Å². The third-order valence-electron chi connectivity index (χ3n) is 8.68. The number of hydrogen-bond acceptors (Lipinski definition) is 1. The predicted octanol–water partition coefficient (Wildman–Crippen LogP) is 10.9. The highest BCUT2D eigenvalue weighted by Gasteiger charge is 2.20. The molecule has 2 heterocycles. The number of fused-ring (bicyclic) bond motifs is 6. The van der Waals surface area contributed by atoms with E-state index in [1.807, 2.05) is 0 Å². The lowest BCUT2D eigenvalue weighted by Crippen LogP contribution is -2.12. The highest BCUT2D eigenvalue weighted by atomic mass is 16.5. The molecule has 41 heavy (non-hydrogen) atoms. The number of benzene rings is 5. The standard InChI is InChI=1S/C38H36N2O/c1-3-5-13-25(4-2)24-41-38-32(30-18-10-16-28-26-14-6-8-22-34(26)39-36(28)30)20-12-21-33(38)31-19-11-17-29-27-15-7-9-23-35(27)40-37(29)31/h6-12,14-23,25,39-40H,3-5,13,24H2,1-2H3. The van der Waals surface area contributed by atoms with Crippen LogP contribution in [0.2, 0.25) is 0 Å². The lowest BCUT2D eigenvalue weighted by atomic mass is 9.94. The monoisotopic (exact) mass is 536 g/mol. The third-order valence-corrected chi connectivity index (χ3v) is 8.68. The minimum Gasteiger partial charge on any atom is -0.492 e. The maximum Gasteiger partial charge on any atom is 0.135 e. The van der Waals surface area contributed by atoms with Crippen LogP contribution in [0.3, 0.4) is 0 Å². The molecule has 0 radical (unpaired) electrons. The van der Waals surface area contributed by atoms with Crippen molar-refractivity contribution < 1.29 is 4.74 Å². The first kappa shape index (κ1) is 25.5. The summed E-state index contributed by atoms with van der Waals surface area (Å²) in [5.41, 5.74) is 9.19. The van der Waals surface area contributed by atoms with Crippen molar-refractivity contribution in [2.24, 2.45) is 5.92 Å². The fourth-order valence-electron chi connectivity index (χ4n) is 6.41. The van der Waals surface area contributed by atoms with Crippen LogP contribution in [0.15, 0.2) is 103 Å². The van der Waals surface area contributed by atoms with Crippen LogP contribution in [0.1, 0.15) is 39.5 Å². The smallest absolute Gasteiger partial charge is 0.135 e. The second kappa shape index (κ2) is 10.8. The Kier molecular flexibility index (Phi) is 6.72. The zero-order chi connectivity index (χ0) is 27.8. The SMILES string of the molecule is CCCCC(CC)COc1c(-c2cccc3c2[nH]c2ccccc23)cccc1-c1cccc2c1[nH]c1ccccc12. The molecular formula is C38H36N2O. The van der Waals surface area contributed by atoms with E-state index in [1.54, 1.807) is 0 Å². The molecule has 0 amide bonds. The molecule has 2 N–H and O–H groups in total. The van der Waals surface area contributed by atoms with Crippen molar-refractivity contribution in [3.8, 4) is 28.0 Å². The number of hydrogen-bond donors (Lipinski definition) is 2. The molecule has 0 aliphatic rings. The van der Waals surface area contributed by atoms with Crippen LogP contribution in [-0.2, 0) is 0 Å². The van der Waals surface area contributed by atoms with Crippen molar-refractivity contribution in [1.29, 1.82) is 0 Å². The van der Waals surface area contributed by atoms with Gasteiger partial charge in [0.15, 0.2) is 0 Å². The second-order valence-corrected chi connectivity index (χ2v) is 11.2.